The summed E-state index contributed by atoms with van der Waals surface area (Å²) in [5.41, 5.74) is 2.24. The lowest BCUT2D eigenvalue weighted by molar-refractivity contribution is -0.125. The molecule has 6 nitrogen and oxygen atoms in total. The summed E-state index contributed by atoms with van der Waals surface area (Å²) < 4.78 is 10.9. The molecule has 3 aromatic carbocycles. The van der Waals surface area contributed by atoms with Crippen molar-refractivity contribution in [3.05, 3.63) is 84.4 Å². The van der Waals surface area contributed by atoms with Crippen molar-refractivity contribution >= 4 is 23.2 Å². The van der Waals surface area contributed by atoms with Crippen LogP contribution in [0.1, 0.15) is 24.4 Å². The summed E-state index contributed by atoms with van der Waals surface area (Å²) in [7, 11) is 3.20. The van der Waals surface area contributed by atoms with Crippen molar-refractivity contribution < 1.29 is 19.1 Å². The Morgan fingerprint density at radius 2 is 1.59 bits per heavy atom. The van der Waals surface area contributed by atoms with Crippen LogP contribution in [0.2, 0.25) is 0 Å². The largest absolute Gasteiger partial charge is 0.497 e. The molecule has 2 atom stereocenters. The fourth-order valence-corrected chi connectivity index (χ4v) is 4.24. The number of anilines is 2. The molecule has 1 aliphatic heterocycles. The second kappa shape index (κ2) is 9.56. The Hall–Kier alpha value is -3.80. The van der Waals surface area contributed by atoms with Crippen LogP contribution in [0.25, 0.3) is 0 Å². The Bertz CT molecular complexity index is 1080. The third kappa shape index (κ3) is 4.30. The first kappa shape index (κ1) is 21.4. The zero-order chi connectivity index (χ0) is 22.5. The number of carbonyl (C=O) groups excluding carboxylic acids is 2. The molecule has 4 rings (SSSR count). The minimum atomic E-state index is -0.510. The van der Waals surface area contributed by atoms with E-state index in [9.17, 15) is 9.59 Å². The first-order valence-corrected chi connectivity index (χ1v) is 10.6. The molecule has 2 amide bonds. The van der Waals surface area contributed by atoms with Gasteiger partial charge in [0.05, 0.1) is 26.2 Å². The summed E-state index contributed by atoms with van der Waals surface area (Å²) in [6.07, 6.45) is 0.734. The predicted molar refractivity (Wildman–Crippen MR) is 124 cm³/mol. The zero-order valence-corrected chi connectivity index (χ0v) is 18.2. The van der Waals surface area contributed by atoms with Gasteiger partial charge in [-0.3, -0.25) is 9.59 Å². The van der Waals surface area contributed by atoms with E-state index in [1.807, 2.05) is 78.9 Å². The second-order valence-electron chi connectivity index (χ2n) is 7.65. The average Bonchev–Trinajstić information content (AvgIpc) is 2.84. The third-order valence-corrected chi connectivity index (χ3v) is 5.78. The first-order chi connectivity index (χ1) is 15.6. The molecule has 1 heterocycles. The lowest BCUT2D eigenvalue weighted by Crippen LogP contribution is -2.47. The number of hydrogen-bond acceptors (Lipinski definition) is 4. The second-order valence-corrected chi connectivity index (χ2v) is 7.65. The van der Waals surface area contributed by atoms with Crippen molar-refractivity contribution in [3.63, 3.8) is 0 Å². The number of piperidine rings is 1. The van der Waals surface area contributed by atoms with Crippen LogP contribution < -0.4 is 19.7 Å². The lowest BCUT2D eigenvalue weighted by Gasteiger charge is -2.41. The summed E-state index contributed by atoms with van der Waals surface area (Å²) in [6, 6.07) is 23.7. The van der Waals surface area contributed by atoms with E-state index in [0.29, 0.717) is 23.6 Å². The molecule has 0 radical (unpaired) electrons. The van der Waals surface area contributed by atoms with Crippen LogP contribution in [-0.4, -0.2) is 26.0 Å². The summed E-state index contributed by atoms with van der Waals surface area (Å²) >= 11 is 0. The fraction of sp³-hybridized carbons (Fsp3) is 0.231. The van der Waals surface area contributed by atoms with Gasteiger partial charge in [-0.1, -0.05) is 36.4 Å². The van der Waals surface area contributed by atoms with E-state index in [1.165, 1.54) is 0 Å². The highest BCUT2D eigenvalue weighted by Gasteiger charge is 2.42. The van der Waals surface area contributed by atoms with Gasteiger partial charge in [-0.05, 0) is 48.9 Å². The maximum atomic E-state index is 13.4. The molecule has 32 heavy (non-hydrogen) atoms. The highest BCUT2D eigenvalue weighted by molar-refractivity contribution is 6.00. The van der Waals surface area contributed by atoms with Gasteiger partial charge in [-0.25, -0.2) is 0 Å². The van der Waals surface area contributed by atoms with Crippen LogP contribution in [0, 0.1) is 5.92 Å². The number of hydrogen-bond donors (Lipinski definition) is 1. The summed E-state index contributed by atoms with van der Waals surface area (Å²) in [6.45, 7) is 0. The van der Waals surface area contributed by atoms with E-state index in [-0.39, 0.29) is 18.2 Å². The third-order valence-electron chi connectivity index (χ3n) is 5.78. The van der Waals surface area contributed by atoms with Crippen LogP contribution in [0.15, 0.2) is 78.9 Å². The Balaban J connectivity index is 1.77. The van der Waals surface area contributed by atoms with E-state index in [2.05, 4.69) is 5.32 Å². The zero-order valence-electron chi connectivity index (χ0n) is 18.2. The van der Waals surface area contributed by atoms with Crippen molar-refractivity contribution in [1.82, 2.24) is 0 Å². The lowest BCUT2D eigenvalue weighted by atomic mass is 9.82. The topological polar surface area (TPSA) is 67.9 Å². The number of nitrogens with one attached hydrogen (secondary N) is 1. The van der Waals surface area contributed by atoms with Gasteiger partial charge in [0.25, 0.3) is 0 Å². The number of rotatable bonds is 6. The normalized spacial score (nSPS) is 18.2. The monoisotopic (exact) mass is 430 g/mol. The van der Waals surface area contributed by atoms with Gasteiger partial charge in [0.1, 0.15) is 11.5 Å². The molecule has 3 aromatic rings. The molecule has 0 bridgehead atoms. The minimum Gasteiger partial charge on any atom is -0.497 e. The van der Waals surface area contributed by atoms with Crippen molar-refractivity contribution in [3.8, 4) is 11.5 Å². The van der Waals surface area contributed by atoms with Crippen LogP contribution in [-0.2, 0) is 9.59 Å². The van der Waals surface area contributed by atoms with E-state index in [0.717, 1.165) is 11.3 Å². The quantitative estimate of drug-likeness (QED) is 0.608. The highest BCUT2D eigenvalue weighted by Crippen LogP contribution is 2.43. The fourth-order valence-electron chi connectivity index (χ4n) is 4.24. The Kier molecular flexibility index (Phi) is 6.40. The molecule has 1 aliphatic rings. The Labute approximate surface area is 187 Å². The van der Waals surface area contributed by atoms with Crippen LogP contribution in [0.3, 0.4) is 0 Å². The van der Waals surface area contributed by atoms with Crippen molar-refractivity contribution in [2.24, 2.45) is 5.92 Å². The number of para-hydroxylation sites is 2. The maximum Gasteiger partial charge on any atom is 0.229 e. The number of carbonyl (C=O) groups is 2. The molecule has 0 aromatic heterocycles. The molecule has 0 aliphatic carbocycles. The standard InChI is InChI=1S/C26H26N2O4/c1-31-20-14-12-19(13-15-20)28-24(29)17-16-22(26(30)27-18-8-4-3-5-9-18)25(28)21-10-6-7-11-23(21)32-2/h3-15,22,25H,16-17H2,1-2H3,(H,27,30)/t22-,25+/m0/s1. The molecule has 164 valence electrons. The first-order valence-electron chi connectivity index (χ1n) is 10.6. The molecule has 0 saturated carbocycles. The number of benzene rings is 3. The van der Waals surface area contributed by atoms with Gasteiger partial charge < -0.3 is 19.7 Å². The van der Waals surface area contributed by atoms with Crippen molar-refractivity contribution in [2.45, 2.75) is 18.9 Å². The summed E-state index contributed by atoms with van der Waals surface area (Å²) in [5.74, 6) is 0.730. The SMILES string of the molecule is COc1ccc(N2C(=O)CC[C@H](C(=O)Nc3ccccc3)[C@H]2c2ccccc2OC)cc1. The van der Waals surface area contributed by atoms with Gasteiger partial charge in [0.2, 0.25) is 11.8 Å². The van der Waals surface area contributed by atoms with Gasteiger partial charge in [0, 0.05) is 23.4 Å². The van der Waals surface area contributed by atoms with Gasteiger partial charge >= 0.3 is 0 Å². The number of ether oxygens (including phenoxy) is 2. The molecule has 1 N–H and O–H groups in total. The average molecular weight is 431 g/mol. The maximum absolute atomic E-state index is 13.4. The van der Waals surface area contributed by atoms with E-state index < -0.39 is 12.0 Å². The Morgan fingerprint density at radius 1 is 0.906 bits per heavy atom. The molecular formula is C26H26N2O4. The molecule has 1 fully saturated rings. The Morgan fingerprint density at radius 3 is 2.28 bits per heavy atom. The van der Waals surface area contributed by atoms with E-state index in [4.69, 9.17) is 9.47 Å². The highest BCUT2D eigenvalue weighted by atomic mass is 16.5. The van der Waals surface area contributed by atoms with E-state index >= 15 is 0 Å². The van der Waals surface area contributed by atoms with Crippen molar-refractivity contribution in [2.75, 3.05) is 24.4 Å². The van der Waals surface area contributed by atoms with Crippen molar-refractivity contribution in [1.29, 1.82) is 0 Å². The molecule has 6 heteroatoms. The predicted octanol–water partition coefficient (Wildman–Crippen LogP) is 4.83. The minimum absolute atomic E-state index is 0.0326. The van der Waals surface area contributed by atoms with Crippen LogP contribution in [0.5, 0.6) is 11.5 Å². The summed E-state index contributed by atoms with van der Waals surface area (Å²) in [5, 5.41) is 3.02. The van der Waals surface area contributed by atoms with Gasteiger partial charge in [-0.15, -0.1) is 0 Å². The van der Waals surface area contributed by atoms with Gasteiger partial charge in [0.15, 0.2) is 0 Å². The smallest absolute Gasteiger partial charge is 0.229 e. The van der Waals surface area contributed by atoms with Gasteiger partial charge in [-0.2, -0.15) is 0 Å². The molecule has 0 unspecified atom stereocenters. The molecule has 1 saturated heterocycles. The number of methoxy groups -OCH3 is 2. The van der Waals surface area contributed by atoms with E-state index in [1.54, 1.807) is 19.1 Å². The van der Waals surface area contributed by atoms with Crippen LogP contribution >= 0.6 is 0 Å². The van der Waals surface area contributed by atoms with Crippen LogP contribution in [0.4, 0.5) is 11.4 Å². The molecule has 0 spiro atoms. The number of nitrogens with zero attached hydrogens (tertiary/aromatic N) is 1. The number of amides is 2. The summed E-state index contributed by atoms with van der Waals surface area (Å²) in [4.78, 5) is 28.3. The molecular weight excluding hydrogens is 404 g/mol.